The van der Waals surface area contributed by atoms with Gasteiger partial charge in [0, 0.05) is 17.8 Å². The van der Waals surface area contributed by atoms with Crippen LogP contribution < -0.4 is 17.0 Å². The fourth-order valence-electron chi connectivity index (χ4n) is 3.35. The predicted molar refractivity (Wildman–Crippen MR) is 90.7 cm³/mol. The zero-order valence-corrected chi connectivity index (χ0v) is 16.9. The average Bonchev–Trinajstić information content (AvgIpc) is 2.76. The third-order valence-electron chi connectivity index (χ3n) is 4.56. The SMILES string of the molecule is C[N+]1=C(c2ccc(Cl)c(Cl)c2)OC(=CBr)C12CCCCC2.[Br-]. The molecular formula is C16H17Br2Cl2NO. The molecule has 120 valence electrons. The van der Waals surface area contributed by atoms with Crippen LogP contribution in [0, 0.1) is 0 Å². The maximum atomic E-state index is 6.15. The molecule has 3 rings (SSSR count). The van der Waals surface area contributed by atoms with Crippen LogP contribution in [0.4, 0.5) is 0 Å². The van der Waals surface area contributed by atoms with Gasteiger partial charge in [-0.1, -0.05) is 45.6 Å². The zero-order valence-electron chi connectivity index (χ0n) is 12.2. The Morgan fingerprint density at radius 3 is 2.45 bits per heavy atom. The minimum Gasteiger partial charge on any atom is -1.00 e. The van der Waals surface area contributed by atoms with Crippen molar-refractivity contribution in [2.24, 2.45) is 0 Å². The molecule has 0 saturated heterocycles. The molecular weight excluding hydrogens is 453 g/mol. The number of nitrogens with zero attached hydrogens (tertiary/aromatic N) is 1. The standard InChI is InChI=1S/C16H17BrCl2NO.BrH/c1-20-15(11-5-6-12(18)13(19)9-11)21-14(10-17)16(20)7-3-2-4-8-16;/h5-6,9-10H,2-4,7-8H2,1H3;1H/q+1;/p-1. The summed E-state index contributed by atoms with van der Waals surface area (Å²) >= 11 is 15.6. The number of hydrogen-bond donors (Lipinski definition) is 0. The van der Waals surface area contributed by atoms with Crippen LogP contribution in [-0.4, -0.2) is 23.1 Å². The number of hydrogen-bond acceptors (Lipinski definition) is 1. The number of ether oxygens (including phenoxy) is 1. The van der Waals surface area contributed by atoms with E-state index in [1.54, 1.807) is 0 Å². The Kier molecular flexibility index (Phi) is 6.03. The largest absolute Gasteiger partial charge is 1.00 e. The summed E-state index contributed by atoms with van der Waals surface area (Å²) in [6.07, 6.45) is 5.99. The Morgan fingerprint density at radius 1 is 1.18 bits per heavy atom. The van der Waals surface area contributed by atoms with E-state index in [-0.39, 0.29) is 22.5 Å². The lowest BCUT2D eigenvalue weighted by Crippen LogP contribution is -3.00. The third kappa shape index (κ3) is 3.00. The first-order chi connectivity index (χ1) is 10.1. The predicted octanol–water partition coefficient (Wildman–Crippen LogP) is 2.36. The van der Waals surface area contributed by atoms with Crippen molar-refractivity contribution in [1.82, 2.24) is 0 Å². The van der Waals surface area contributed by atoms with Gasteiger partial charge in [0.05, 0.1) is 15.6 Å². The second kappa shape index (κ2) is 7.25. The molecule has 0 unspecified atom stereocenters. The summed E-state index contributed by atoms with van der Waals surface area (Å²) in [6, 6.07) is 5.63. The Labute approximate surface area is 160 Å². The smallest absolute Gasteiger partial charge is 0.375 e. The summed E-state index contributed by atoms with van der Waals surface area (Å²) in [5.41, 5.74) is 0.935. The van der Waals surface area contributed by atoms with Gasteiger partial charge in [-0.2, -0.15) is 4.58 Å². The molecule has 6 heteroatoms. The van der Waals surface area contributed by atoms with Gasteiger partial charge in [-0.05, 0) is 31.0 Å². The minimum absolute atomic E-state index is 0. The number of likely N-dealkylation sites (N-methyl/N-ethyl adjacent to an activating group) is 1. The van der Waals surface area contributed by atoms with Crippen molar-refractivity contribution in [2.75, 3.05) is 7.05 Å². The van der Waals surface area contributed by atoms with Gasteiger partial charge >= 0.3 is 5.90 Å². The third-order valence-corrected chi connectivity index (χ3v) is 5.71. The fourth-order valence-corrected chi connectivity index (χ4v) is 4.17. The molecule has 1 heterocycles. The molecule has 1 saturated carbocycles. The highest BCUT2D eigenvalue weighted by molar-refractivity contribution is 9.11. The van der Waals surface area contributed by atoms with Gasteiger partial charge < -0.3 is 21.7 Å². The molecule has 1 aliphatic heterocycles. The molecule has 1 aromatic rings. The van der Waals surface area contributed by atoms with Crippen LogP contribution in [0.5, 0.6) is 0 Å². The highest BCUT2D eigenvalue weighted by Gasteiger charge is 2.53. The van der Waals surface area contributed by atoms with Crippen molar-refractivity contribution < 1.29 is 26.3 Å². The Hall–Kier alpha value is -0.0300. The highest BCUT2D eigenvalue weighted by atomic mass is 79.9. The molecule has 1 fully saturated rings. The van der Waals surface area contributed by atoms with Crippen LogP contribution in [0.25, 0.3) is 0 Å². The van der Waals surface area contributed by atoms with E-state index in [1.807, 2.05) is 23.2 Å². The summed E-state index contributed by atoms with van der Waals surface area (Å²) in [6.45, 7) is 0. The second-order valence-corrected chi connectivity index (χ2v) is 6.93. The van der Waals surface area contributed by atoms with E-state index in [2.05, 4.69) is 27.6 Å². The van der Waals surface area contributed by atoms with Crippen molar-refractivity contribution in [2.45, 2.75) is 37.6 Å². The molecule has 1 aromatic carbocycles. The van der Waals surface area contributed by atoms with E-state index in [1.165, 1.54) is 19.3 Å². The first-order valence-corrected chi connectivity index (χ1v) is 8.80. The van der Waals surface area contributed by atoms with E-state index in [4.69, 9.17) is 27.9 Å². The molecule has 2 nitrogen and oxygen atoms in total. The molecule has 2 aliphatic rings. The monoisotopic (exact) mass is 467 g/mol. The molecule has 0 N–H and O–H groups in total. The maximum Gasteiger partial charge on any atom is 0.375 e. The first-order valence-electron chi connectivity index (χ1n) is 7.13. The van der Waals surface area contributed by atoms with E-state index in [0.29, 0.717) is 10.0 Å². The van der Waals surface area contributed by atoms with Crippen molar-refractivity contribution >= 4 is 45.0 Å². The van der Waals surface area contributed by atoms with Crippen molar-refractivity contribution in [1.29, 1.82) is 0 Å². The normalized spacial score (nSPS) is 21.9. The topological polar surface area (TPSA) is 12.2 Å². The molecule has 1 spiro atoms. The van der Waals surface area contributed by atoms with Crippen LogP contribution in [0.2, 0.25) is 10.0 Å². The maximum absolute atomic E-state index is 6.15. The molecule has 0 bridgehead atoms. The molecule has 0 radical (unpaired) electrons. The lowest BCUT2D eigenvalue weighted by Gasteiger charge is -2.28. The zero-order chi connectivity index (χ0) is 15.0. The van der Waals surface area contributed by atoms with E-state index >= 15 is 0 Å². The van der Waals surface area contributed by atoms with Gasteiger partial charge in [0.15, 0.2) is 5.76 Å². The first kappa shape index (κ1) is 18.3. The summed E-state index contributed by atoms with van der Waals surface area (Å²) in [7, 11) is 2.10. The van der Waals surface area contributed by atoms with Crippen molar-refractivity contribution in [3.05, 3.63) is 44.6 Å². The van der Waals surface area contributed by atoms with Crippen LogP contribution in [0.15, 0.2) is 28.9 Å². The van der Waals surface area contributed by atoms with Crippen LogP contribution in [0.1, 0.15) is 37.7 Å². The van der Waals surface area contributed by atoms with Gasteiger partial charge in [-0.3, -0.25) is 0 Å². The molecule has 0 amide bonds. The molecule has 1 aliphatic carbocycles. The highest BCUT2D eigenvalue weighted by Crippen LogP contribution is 2.42. The lowest BCUT2D eigenvalue weighted by atomic mass is 9.80. The average molecular weight is 470 g/mol. The molecule has 22 heavy (non-hydrogen) atoms. The van der Waals surface area contributed by atoms with E-state index < -0.39 is 0 Å². The Morgan fingerprint density at radius 2 is 1.86 bits per heavy atom. The quantitative estimate of drug-likeness (QED) is 0.575. The van der Waals surface area contributed by atoms with E-state index in [9.17, 15) is 0 Å². The van der Waals surface area contributed by atoms with Crippen LogP contribution in [-0.2, 0) is 4.74 Å². The van der Waals surface area contributed by atoms with Crippen molar-refractivity contribution in [3.8, 4) is 0 Å². The van der Waals surface area contributed by atoms with Crippen molar-refractivity contribution in [3.63, 3.8) is 0 Å². The second-order valence-electron chi connectivity index (χ2n) is 5.66. The van der Waals surface area contributed by atoms with Gasteiger partial charge in [0.1, 0.15) is 7.05 Å². The summed E-state index contributed by atoms with van der Waals surface area (Å²) < 4.78 is 8.41. The van der Waals surface area contributed by atoms with Gasteiger partial charge in [-0.25, -0.2) is 0 Å². The molecule has 0 aromatic heterocycles. The summed E-state index contributed by atoms with van der Waals surface area (Å²) in [5, 5.41) is 1.11. The Bertz CT molecular complexity index is 637. The molecule has 0 atom stereocenters. The number of rotatable bonds is 1. The van der Waals surface area contributed by atoms with Gasteiger partial charge in [-0.15, -0.1) is 0 Å². The van der Waals surface area contributed by atoms with Gasteiger partial charge in [0.2, 0.25) is 5.54 Å². The lowest BCUT2D eigenvalue weighted by molar-refractivity contribution is -0.570. The number of benzene rings is 1. The van der Waals surface area contributed by atoms with Crippen LogP contribution in [0.3, 0.4) is 0 Å². The minimum atomic E-state index is -0.0246. The Balaban J connectivity index is 0.00000176. The van der Waals surface area contributed by atoms with Gasteiger partial charge in [0.25, 0.3) is 0 Å². The summed E-state index contributed by atoms with van der Waals surface area (Å²) in [5.74, 6) is 1.84. The van der Waals surface area contributed by atoms with Crippen LogP contribution >= 0.6 is 39.1 Å². The summed E-state index contributed by atoms with van der Waals surface area (Å²) in [4.78, 5) is 1.92. The van der Waals surface area contributed by atoms with E-state index in [0.717, 1.165) is 30.1 Å². The number of halogens is 4. The fraction of sp³-hybridized carbons (Fsp3) is 0.438.